The van der Waals surface area contributed by atoms with Crippen LogP contribution in [0.3, 0.4) is 0 Å². The van der Waals surface area contributed by atoms with E-state index < -0.39 is 11.9 Å². The number of hydrogen-bond acceptors (Lipinski definition) is 3. The van der Waals surface area contributed by atoms with Gasteiger partial charge in [0.2, 0.25) is 5.91 Å². The fourth-order valence-corrected chi connectivity index (χ4v) is 3.45. The Morgan fingerprint density at radius 2 is 2.17 bits per heavy atom. The van der Waals surface area contributed by atoms with Gasteiger partial charge in [-0.3, -0.25) is 9.59 Å². The van der Waals surface area contributed by atoms with Gasteiger partial charge in [-0.2, -0.15) is 0 Å². The number of carbonyl (C=O) groups is 2. The van der Waals surface area contributed by atoms with Crippen molar-refractivity contribution in [3.05, 3.63) is 52.0 Å². The average Bonchev–Trinajstić information content (AvgIpc) is 3.20. The molecule has 2 heterocycles. The molecule has 1 aromatic carbocycles. The molecular weight excluding hydrogens is 315 g/mol. The average molecular weight is 332 g/mol. The molecule has 1 aromatic heterocycles. The van der Waals surface area contributed by atoms with Crippen molar-refractivity contribution < 1.29 is 14.0 Å². The Bertz CT molecular complexity index is 730. The minimum Gasteiger partial charge on any atom is -0.326 e. The van der Waals surface area contributed by atoms with Crippen molar-refractivity contribution >= 4 is 28.8 Å². The van der Waals surface area contributed by atoms with Crippen LogP contribution in [0.1, 0.15) is 28.1 Å². The Balaban J connectivity index is 1.76. The molecule has 2 amide bonds. The highest BCUT2D eigenvalue weighted by atomic mass is 32.1. The number of benzene rings is 1. The van der Waals surface area contributed by atoms with Crippen molar-refractivity contribution in [2.45, 2.75) is 25.8 Å². The van der Waals surface area contributed by atoms with Gasteiger partial charge in [0, 0.05) is 6.54 Å². The quantitative estimate of drug-likeness (QED) is 0.936. The summed E-state index contributed by atoms with van der Waals surface area (Å²) in [4.78, 5) is 27.2. The van der Waals surface area contributed by atoms with Gasteiger partial charge in [-0.25, -0.2) is 4.39 Å². The third kappa shape index (κ3) is 3.27. The van der Waals surface area contributed by atoms with Crippen LogP contribution < -0.4 is 5.32 Å². The van der Waals surface area contributed by atoms with E-state index in [0.717, 1.165) is 12.0 Å². The third-order valence-electron chi connectivity index (χ3n) is 3.93. The Hall–Kier alpha value is -2.21. The number of amides is 2. The molecule has 1 N–H and O–H groups in total. The van der Waals surface area contributed by atoms with Gasteiger partial charge in [0.1, 0.15) is 11.9 Å². The van der Waals surface area contributed by atoms with Crippen molar-refractivity contribution in [1.82, 2.24) is 4.90 Å². The lowest BCUT2D eigenvalue weighted by atomic mass is 10.1. The van der Waals surface area contributed by atoms with E-state index in [4.69, 9.17) is 0 Å². The maximum atomic E-state index is 13.8. The number of likely N-dealkylation sites (tertiary alicyclic amines) is 1. The minimum atomic E-state index is -0.551. The lowest BCUT2D eigenvalue weighted by Crippen LogP contribution is -2.43. The smallest absolute Gasteiger partial charge is 0.264 e. The van der Waals surface area contributed by atoms with Crippen LogP contribution in [0.4, 0.5) is 10.1 Å². The second kappa shape index (κ2) is 6.50. The van der Waals surface area contributed by atoms with Crippen LogP contribution in [-0.4, -0.2) is 29.3 Å². The first-order valence-electron chi connectivity index (χ1n) is 7.48. The number of thiophene rings is 1. The van der Waals surface area contributed by atoms with Gasteiger partial charge in [-0.15, -0.1) is 11.3 Å². The largest absolute Gasteiger partial charge is 0.326 e. The highest BCUT2D eigenvalue weighted by Crippen LogP contribution is 2.24. The zero-order valence-corrected chi connectivity index (χ0v) is 13.5. The van der Waals surface area contributed by atoms with Crippen LogP contribution in [0.2, 0.25) is 0 Å². The number of halogens is 1. The summed E-state index contributed by atoms with van der Waals surface area (Å²) in [6, 6.07) is 7.57. The van der Waals surface area contributed by atoms with E-state index in [0.29, 0.717) is 17.8 Å². The third-order valence-corrected chi connectivity index (χ3v) is 4.79. The molecule has 120 valence electrons. The maximum Gasteiger partial charge on any atom is 0.264 e. The molecule has 0 spiro atoms. The summed E-state index contributed by atoms with van der Waals surface area (Å²) in [6.07, 6.45) is 1.36. The lowest BCUT2D eigenvalue weighted by molar-refractivity contribution is -0.119. The second-order valence-corrected chi connectivity index (χ2v) is 6.55. The van der Waals surface area contributed by atoms with Crippen LogP contribution in [-0.2, 0) is 4.79 Å². The van der Waals surface area contributed by atoms with E-state index in [-0.39, 0.29) is 17.5 Å². The molecule has 0 saturated carbocycles. The molecule has 1 unspecified atom stereocenters. The summed E-state index contributed by atoms with van der Waals surface area (Å²) in [5, 5.41) is 4.45. The summed E-state index contributed by atoms with van der Waals surface area (Å²) >= 11 is 1.36. The molecule has 1 aliphatic heterocycles. The van der Waals surface area contributed by atoms with Crippen molar-refractivity contribution in [3.63, 3.8) is 0 Å². The van der Waals surface area contributed by atoms with Gasteiger partial charge in [-0.1, -0.05) is 12.1 Å². The molecule has 3 rings (SSSR count). The summed E-state index contributed by atoms with van der Waals surface area (Å²) < 4.78 is 13.8. The molecule has 2 aromatic rings. The number of nitrogens with zero attached hydrogens (tertiary/aromatic N) is 1. The van der Waals surface area contributed by atoms with Crippen LogP contribution in [0.25, 0.3) is 0 Å². The number of anilines is 1. The first kappa shape index (κ1) is 15.7. The number of rotatable bonds is 3. The number of hydrogen-bond donors (Lipinski definition) is 1. The highest BCUT2D eigenvalue weighted by molar-refractivity contribution is 7.12. The molecule has 1 fully saturated rings. The van der Waals surface area contributed by atoms with Crippen LogP contribution in [0, 0.1) is 12.7 Å². The predicted octanol–water partition coefficient (Wildman–Crippen LogP) is 3.44. The Kier molecular flexibility index (Phi) is 4.43. The first-order chi connectivity index (χ1) is 11.1. The fourth-order valence-electron chi connectivity index (χ4n) is 2.78. The van der Waals surface area contributed by atoms with Gasteiger partial charge < -0.3 is 10.2 Å². The summed E-state index contributed by atoms with van der Waals surface area (Å²) in [5.41, 5.74) is 1.02. The molecule has 1 saturated heterocycles. The molecule has 1 atom stereocenters. The number of aryl methyl sites for hydroxylation is 1. The van der Waals surface area contributed by atoms with Gasteiger partial charge in [-0.05, 0) is 48.9 Å². The van der Waals surface area contributed by atoms with Crippen molar-refractivity contribution in [3.8, 4) is 0 Å². The van der Waals surface area contributed by atoms with E-state index in [2.05, 4.69) is 5.32 Å². The van der Waals surface area contributed by atoms with Crippen LogP contribution in [0.15, 0.2) is 35.7 Å². The van der Waals surface area contributed by atoms with Gasteiger partial charge in [0.15, 0.2) is 0 Å². The van der Waals surface area contributed by atoms with Crippen molar-refractivity contribution in [2.24, 2.45) is 0 Å². The van der Waals surface area contributed by atoms with Crippen molar-refractivity contribution in [1.29, 1.82) is 0 Å². The van der Waals surface area contributed by atoms with E-state index in [9.17, 15) is 14.0 Å². The van der Waals surface area contributed by atoms with Gasteiger partial charge in [0.25, 0.3) is 5.91 Å². The highest BCUT2D eigenvalue weighted by Gasteiger charge is 2.35. The Morgan fingerprint density at radius 1 is 1.35 bits per heavy atom. The second-order valence-electron chi connectivity index (χ2n) is 5.61. The fraction of sp³-hybridized carbons (Fsp3) is 0.294. The lowest BCUT2D eigenvalue weighted by Gasteiger charge is -2.23. The maximum absolute atomic E-state index is 13.8. The number of nitrogens with one attached hydrogen (secondary N) is 1. The van der Waals surface area contributed by atoms with E-state index >= 15 is 0 Å². The Morgan fingerprint density at radius 3 is 2.91 bits per heavy atom. The minimum absolute atomic E-state index is 0.137. The topological polar surface area (TPSA) is 49.4 Å². The molecule has 0 bridgehead atoms. The monoisotopic (exact) mass is 332 g/mol. The first-order valence-corrected chi connectivity index (χ1v) is 8.36. The molecule has 23 heavy (non-hydrogen) atoms. The van der Waals surface area contributed by atoms with Gasteiger partial charge >= 0.3 is 0 Å². The Labute approximate surface area is 137 Å². The zero-order valence-electron chi connectivity index (χ0n) is 12.7. The SMILES string of the molecule is Cc1ccc(F)c(NC(=O)C2CCCN2C(=O)c2cccs2)c1. The zero-order chi connectivity index (χ0) is 16.4. The van der Waals surface area contributed by atoms with E-state index in [1.807, 2.05) is 18.4 Å². The van der Waals surface area contributed by atoms with Crippen molar-refractivity contribution in [2.75, 3.05) is 11.9 Å². The molecular formula is C17H17FN2O2S. The molecule has 6 heteroatoms. The van der Waals surface area contributed by atoms with E-state index in [1.165, 1.54) is 17.4 Å². The van der Waals surface area contributed by atoms with Crippen LogP contribution in [0.5, 0.6) is 0 Å². The molecule has 1 aliphatic rings. The summed E-state index contributed by atoms with van der Waals surface area (Å²) in [7, 11) is 0. The molecule has 0 radical (unpaired) electrons. The van der Waals surface area contributed by atoms with E-state index in [1.54, 1.807) is 23.1 Å². The standard InChI is InChI=1S/C17H17FN2O2S/c1-11-6-7-12(18)13(10-11)19-16(21)14-4-2-8-20(14)17(22)15-5-3-9-23-15/h3,5-7,9-10,14H,2,4,8H2,1H3,(H,19,21). The van der Waals surface area contributed by atoms with Crippen LogP contribution >= 0.6 is 11.3 Å². The van der Waals surface area contributed by atoms with Gasteiger partial charge in [0.05, 0.1) is 10.6 Å². The summed E-state index contributed by atoms with van der Waals surface area (Å²) in [6.45, 7) is 2.38. The predicted molar refractivity (Wildman–Crippen MR) is 88.1 cm³/mol. The number of carbonyl (C=O) groups excluding carboxylic acids is 2. The normalized spacial score (nSPS) is 17.3. The molecule has 4 nitrogen and oxygen atoms in total. The molecule has 0 aliphatic carbocycles. The summed E-state index contributed by atoms with van der Waals surface area (Å²) in [5.74, 6) is -0.947.